The summed E-state index contributed by atoms with van der Waals surface area (Å²) in [6.45, 7) is -4.95. The molecule has 14 heavy (non-hydrogen) atoms. The van der Waals surface area contributed by atoms with Crippen LogP contribution < -0.4 is 0 Å². The largest absolute Gasteiger partial charge is 0.502 e. The third-order valence-electron chi connectivity index (χ3n) is 1.30. The zero-order valence-corrected chi connectivity index (χ0v) is 6.90. The van der Waals surface area contributed by atoms with E-state index in [2.05, 4.69) is 9.97 Å². The van der Waals surface area contributed by atoms with Gasteiger partial charge in [0.15, 0.2) is 12.1 Å². The summed E-state index contributed by atoms with van der Waals surface area (Å²) in [5, 5.41) is 0. The molecule has 0 saturated carbocycles. The van der Waals surface area contributed by atoms with Crippen molar-refractivity contribution in [2.24, 2.45) is 0 Å². The molecule has 3 nitrogen and oxygen atoms in total. The molecule has 0 amide bonds. The number of halogens is 3. The summed E-state index contributed by atoms with van der Waals surface area (Å²) in [5.74, 6) is 0.0823. The molecule has 1 heterocycles. The Balaban J connectivity index is 2.78. The molecule has 1 rings (SSSR count). The van der Waals surface area contributed by atoms with E-state index < -0.39 is 6.98 Å². The van der Waals surface area contributed by atoms with Gasteiger partial charge in [0.2, 0.25) is 0 Å². The van der Waals surface area contributed by atoms with Gasteiger partial charge in [-0.25, -0.2) is 9.97 Å². The highest BCUT2D eigenvalue weighted by Crippen LogP contribution is 2.11. The standard InChI is InChI=1S/C7H5BF3N2O/c9-8(10,11)2-1-6-3-12-7(5-14)13-4-6/h1-5H/q-1/b2-1+. The number of rotatable bonds is 3. The lowest BCUT2D eigenvalue weighted by atomic mass is 9.91. The summed E-state index contributed by atoms with van der Waals surface area (Å²) >= 11 is 0. The lowest BCUT2D eigenvalue weighted by molar-refractivity contribution is 0.111. The first-order chi connectivity index (χ1) is 6.51. The van der Waals surface area contributed by atoms with Crippen molar-refractivity contribution in [1.82, 2.24) is 9.97 Å². The molecule has 0 radical (unpaired) electrons. The van der Waals surface area contributed by atoms with Crippen molar-refractivity contribution in [3.8, 4) is 0 Å². The van der Waals surface area contributed by atoms with Crippen molar-refractivity contribution < 1.29 is 17.7 Å². The Labute approximate surface area is 77.7 Å². The first kappa shape index (κ1) is 10.4. The molecule has 0 aliphatic heterocycles. The predicted octanol–water partition coefficient (Wildman–Crippen LogP) is 1.69. The first-order valence-electron chi connectivity index (χ1n) is 3.68. The smallest absolute Gasteiger partial charge is 0.445 e. The SMILES string of the molecule is O=Cc1ncc(/C=C/[B-](F)(F)F)cn1. The quantitative estimate of drug-likeness (QED) is 0.551. The maximum Gasteiger partial charge on any atom is 0.502 e. The summed E-state index contributed by atoms with van der Waals surface area (Å²) in [6.07, 6.45) is 3.57. The van der Waals surface area contributed by atoms with Crippen molar-refractivity contribution >= 4 is 19.3 Å². The van der Waals surface area contributed by atoms with E-state index in [1.54, 1.807) is 0 Å². The van der Waals surface area contributed by atoms with Gasteiger partial charge in [0.1, 0.15) is 0 Å². The van der Waals surface area contributed by atoms with Gasteiger partial charge < -0.3 is 12.9 Å². The van der Waals surface area contributed by atoms with Gasteiger partial charge in [0.05, 0.1) is 0 Å². The molecule has 0 aliphatic carbocycles. The van der Waals surface area contributed by atoms with Crippen molar-refractivity contribution in [1.29, 1.82) is 0 Å². The highest BCUT2D eigenvalue weighted by molar-refractivity contribution is 6.64. The van der Waals surface area contributed by atoms with E-state index in [9.17, 15) is 17.7 Å². The number of aromatic nitrogens is 2. The molecular weight excluding hydrogens is 196 g/mol. The van der Waals surface area contributed by atoms with Crippen LogP contribution in [0.5, 0.6) is 0 Å². The van der Waals surface area contributed by atoms with Crippen LogP contribution >= 0.6 is 0 Å². The number of nitrogens with zero attached hydrogens (tertiary/aromatic N) is 2. The number of carbonyl (C=O) groups excluding carboxylic acids is 1. The van der Waals surface area contributed by atoms with E-state index in [-0.39, 0.29) is 17.4 Å². The molecule has 0 saturated heterocycles. The topological polar surface area (TPSA) is 42.9 Å². The van der Waals surface area contributed by atoms with E-state index in [1.807, 2.05) is 0 Å². The van der Waals surface area contributed by atoms with Crippen LogP contribution in [0.1, 0.15) is 16.2 Å². The van der Waals surface area contributed by atoms with Crippen molar-refractivity contribution in [2.45, 2.75) is 0 Å². The monoisotopic (exact) mass is 201 g/mol. The Kier molecular flexibility index (Phi) is 3.01. The summed E-state index contributed by atoms with van der Waals surface area (Å²) in [4.78, 5) is 17.1. The van der Waals surface area contributed by atoms with Gasteiger partial charge in [-0.2, -0.15) is 0 Å². The average molecular weight is 201 g/mol. The lowest BCUT2D eigenvalue weighted by Crippen LogP contribution is -2.09. The fourth-order valence-electron chi connectivity index (χ4n) is 0.715. The Morgan fingerprint density at radius 1 is 1.21 bits per heavy atom. The molecule has 0 atom stereocenters. The highest BCUT2D eigenvalue weighted by Gasteiger charge is 2.16. The van der Waals surface area contributed by atoms with Crippen LogP contribution in [0.2, 0.25) is 0 Å². The maximum absolute atomic E-state index is 11.8. The van der Waals surface area contributed by atoms with Crippen LogP contribution in [0.25, 0.3) is 6.08 Å². The molecule has 0 spiro atoms. The van der Waals surface area contributed by atoms with Gasteiger partial charge in [0, 0.05) is 18.0 Å². The second kappa shape index (κ2) is 4.04. The van der Waals surface area contributed by atoms with Crippen molar-refractivity contribution in [3.05, 3.63) is 29.8 Å². The highest BCUT2D eigenvalue weighted by atomic mass is 19.4. The van der Waals surface area contributed by atoms with Crippen LogP contribution in [0.4, 0.5) is 12.9 Å². The molecule has 0 unspecified atom stereocenters. The Hall–Kier alpha value is -1.66. The number of hydrogen-bond donors (Lipinski definition) is 0. The molecular formula is C7H5BF3N2O-. The number of carbonyl (C=O) groups is 1. The van der Waals surface area contributed by atoms with E-state index in [0.717, 1.165) is 18.5 Å². The normalized spacial score (nSPS) is 11.9. The van der Waals surface area contributed by atoms with Crippen LogP contribution in [0.15, 0.2) is 18.4 Å². The second-order valence-electron chi connectivity index (χ2n) is 2.48. The van der Waals surface area contributed by atoms with Gasteiger partial charge in [-0.15, -0.1) is 5.98 Å². The Morgan fingerprint density at radius 3 is 2.21 bits per heavy atom. The van der Waals surface area contributed by atoms with Crippen molar-refractivity contribution in [3.63, 3.8) is 0 Å². The molecule has 0 aromatic carbocycles. The lowest BCUT2D eigenvalue weighted by Gasteiger charge is -2.05. The zero-order chi connectivity index (χ0) is 10.6. The van der Waals surface area contributed by atoms with Gasteiger partial charge in [-0.3, -0.25) is 4.79 Å². The minimum Gasteiger partial charge on any atom is -0.445 e. The fraction of sp³-hybridized carbons (Fsp3) is 0. The predicted molar refractivity (Wildman–Crippen MR) is 45.5 cm³/mol. The summed E-state index contributed by atoms with van der Waals surface area (Å²) < 4.78 is 35.3. The summed E-state index contributed by atoms with van der Waals surface area (Å²) in [6, 6.07) is 0. The number of aldehydes is 1. The van der Waals surface area contributed by atoms with E-state index >= 15 is 0 Å². The Bertz CT molecular complexity index is 347. The Morgan fingerprint density at radius 2 is 1.79 bits per heavy atom. The minimum absolute atomic E-state index is 0.0559. The van der Waals surface area contributed by atoms with Gasteiger partial charge in [-0.05, 0) is 0 Å². The number of hydrogen-bond acceptors (Lipinski definition) is 3. The van der Waals surface area contributed by atoms with Crippen LogP contribution in [-0.4, -0.2) is 23.2 Å². The van der Waals surface area contributed by atoms with Gasteiger partial charge >= 0.3 is 6.98 Å². The fourth-order valence-corrected chi connectivity index (χ4v) is 0.715. The third-order valence-corrected chi connectivity index (χ3v) is 1.30. The average Bonchev–Trinajstić information content (AvgIpc) is 2.14. The van der Waals surface area contributed by atoms with E-state index in [1.165, 1.54) is 0 Å². The van der Waals surface area contributed by atoms with Crippen LogP contribution in [0, 0.1) is 0 Å². The van der Waals surface area contributed by atoms with Crippen molar-refractivity contribution in [2.75, 3.05) is 0 Å². The molecule has 0 fully saturated rings. The summed E-state index contributed by atoms with van der Waals surface area (Å²) in [5.41, 5.74) is 0.204. The van der Waals surface area contributed by atoms with E-state index in [0.29, 0.717) is 6.29 Å². The third kappa shape index (κ3) is 3.38. The molecule has 1 aromatic rings. The van der Waals surface area contributed by atoms with Gasteiger partial charge in [0.25, 0.3) is 0 Å². The molecule has 74 valence electrons. The second-order valence-corrected chi connectivity index (χ2v) is 2.48. The minimum atomic E-state index is -4.95. The van der Waals surface area contributed by atoms with Crippen LogP contribution in [0.3, 0.4) is 0 Å². The molecule has 7 heteroatoms. The van der Waals surface area contributed by atoms with Crippen LogP contribution in [-0.2, 0) is 0 Å². The first-order valence-corrected chi connectivity index (χ1v) is 3.68. The van der Waals surface area contributed by atoms with Gasteiger partial charge in [-0.1, -0.05) is 6.08 Å². The molecule has 1 aromatic heterocycles. The molecule has 0 bridgehead atoms. The van der Waals surface area contributed by atoms with E-state index in [4.69, 9.17) is 0 Å². The zero-order valence-electron chi connectivity index (χ0n) is 6.90. The molecule has 0 aliphatic rings. The molecule has 0 N–H and O–H groups in total. The summed E-state index contributed by atoms with van der Waals surface area (Å²) in [7, 11) is 0. The maximum atomic E-state index is 11.8.